The number of hydrazine groups is 1. The Morgan fingerprint density at radius 3 is 2.40 bits per heavy atom. The predicted molar refractivity (Wildman–Crippen MR) is 83.8 cm³/mol. The number of rotatable bonds is 6. The number of amides is 1. The average molecular weight is 369 g/mol. The molecule has 11 heteroatoms. The Bertz CT molecular complexity index is 915. The molecular formula is C14H12FN3O6S. The topological polar surface area (TPSA) is 128 Å². The van der Waals surface area contributed by atoms with Gasteiger partial charge in [0.05, 0.1) is 12.0 Å². The molecule has 2 rings (SSSR count). The molecule has 0 aliphatic heterocycles. The lowest BCUT2D eigenvalue weighted by molar-refractivity contribution is -0.385. The van der Waals surface area contributed by atoms with Crippen LogP contribution in [-0.4, -0.2) is 26.4 Å². The Morgan fingerprint density at radius 1 is 1.20 bits per heavy atom. The lowest BCUT2D eigenvalue weighted by Crippen LogP contribution is -2.41. The first-order chi connectivity index (χ1) is 11.7. The van der Waals surface area contributed by atoms with Gasteiger partial charge in [-0.3, -0.25) is 20.3 Å². The summed E-state index contributed by atoms with van der Waals surface area (Å²) in [5.41, 5.74) is 1.48. The lowest BCUT2D eigenvalue weighted by atomic mass is 10.2. The summed E-state index contributed by atoms with van der Waals surface area (Å²) in [4.78, 5) is 23.2. The fraction of sp³-hybridized carbons (Fsp3) is 0.0714. The van der Waals surface area contributed by atoms with Crippen LogP contribution >= 0.6 is 0 Å². The van der Waals surface area contributed by atoms with E-state index < -0.39 is 37.3 Å². The Morgan fingerprint density at radius 2 is 1.84 bits per heavy atom. The van der Waals surface area contributed by atoms with E-state index in [0.717, 1.165) is 42.5 Å². The Kier molecular flexibility index (Phi) is 5.29. The van der Waals surface area contributed by atoms with Gasteiger partial charge in [0.2, 0.25) is 0 Å². The summed E-state index contributed by atoms with van der Waals surface area (Å²) < 4.78 is 42.3. The molecule has 25 heavy (non-hydrogen) atoms. The van der Waals surface area contributed by atoms with Crippen LogP contribution in [0.5, 0.6) is 5.75 Å². The number of carbonyl (C=O) groups is 1. The highest BCUT2D eigenvalue weighted by Crippen LogP contribution is 2.27. The Hall–Kier alpha value is -3.05. The SMILES string of the molecule is COc1ccc([N+](=O)[O-])cc1S(=O)(=O)NNC(=O)c1ccc(F)cc1. The number of benzene rings is 2. The third-order valence-electron chi connectivity index (χ3n) is 3.05. The maximum Gasteiger partial charge on any atom is 0.271 e. The maximum absolute atomic E-state index is 12.8. The van der Waals surface area contributed by atoms with Gasteiger partial charge >= 0.3 is 0 Å². The monoisotopic (exact) mass is 369 g/mol. The van der Waals surface area contributed by atoms with Crippen molar-refractivity contribution >= 4 is 21.6 Å². The first kappa shape index (κ1) is 18.3. The van der Waals surface area contributed by atoms with Crippen LogP contribution in [0.4, 0.5) is 10.1 Å². The Labute approximate surface area is 141 Å². The standard InChI is InChI=1S/C14H12FN3O6S/c1-24-12-7-6-11(18(20)21)8-13(12)25(22,23)17-16-14(19)9-2-4-10(15)5-3-9/h2-8,17H,1H3,(H,16,19). The second-order valence-electron chi connectivity index (χ2n) is 4.66. The molecule has 0 saturated heterocycles. The van der Waals surface area contributed by atoms with Crippen LogP contribution in [0.15, 0.2) is 47.4 Å². The molecule has 0 unspecified atom stereocenters. The van der Waals surface area contributed by atoms with E-state index in [1.807, 2.05) is 5.43 Å². The van der Waals surface area contributed by atoms with Crippen molar-refractivity contribution < 1.29 is 27.3 Å². The highest BCUT2D eigenvalue weighted by atomic mass is 32.2. The first-order valence-electron chi connectivity index (χ1n) is 6.65. The molecule has 132 valence electrons. The van der Waals surface area contributed by atoms with E-state index in [0.29, 0.717) is 0 Å². The van der Waals surface area contributed by atoms with Crippen molar-refractivity contribution in [3.05, 3.63) is 64.0 Å². The van der Waals surface area contributed by atoms with Gasteiger partial charge in [0, 0.05) is 17.7 Å². The van der Waals surface area contributed by atoms with Crippen LogP contribution in [0.3, 0.4) is 0 Å². The number of nitro benzene ring substituents is 1. The summed E-state index contributed by atoms with van der Waals surface area (Å²) in [6.07, 6.45) is 0. The van der Waals surface area contributed by atoms with E-state index in [-0.39, 0.29) is 11.3 Å². The molecule has 0 fully saturated rings. The number of hydrogen-bond acceptors (Lipinski definition) is 6. The molecule has 2 aromatic carbocycles. The summed E-state index contributed by atoms with van der Waals surface area (Å²) in [6.45, 7) is 0. The van der Waals surface area contributed by atoms with E-state index in [2.05, 4.69) is 0 Å². The van der Waals surface area contributed by atoms with Crippen LogP contribution in [0.25, 0.3) is 0 Å². The van der Waals surface area contributed by atoms with E-state index in [9.17, 15) is 27.7 Å². The second-order valence-corrected chi connectivity index (χ2v) is 6.31. The molecule has 0 radical (unpaired) electrons. The van der Waals surface area contributed by atoms with Gasteiger partial charge in [-0.25, -0.2) is 12.8 Å². The third kappa shape index (κ3) is 4.28. The number of non-ortho nitro benzene ring substituents is 1. The molecule has 1 amide bonds. The number of sulfonamides is 1. The largest absolute Gasteiger partial charge is 0.495 e. The fourth-order valence-electron chi connectivity index (χ4n) is 1.83. The zero-order valence-electron chi connectivity index (χ0n) is 12.7. The molecule has 0 aromatic heterocycles. The molecule has 0 atom stereocenters. The van der Waals surface area contributed by atoms with Crippen molar-refractivity contribution in [1.29, 1.82) is 0 Å². The highest BCUT2D eigenvalue weighted by Gasteiger charge is 2.24. The molecule has 2 N–H and O–H groups in total. The summed E-state index contributed by atoms with van der Waals surface area (Å²) in [5, 5.41) is 10.8. The minimum atomic E-state index is -4.36. The number of hydrogen-bond donors (Lipinski definition) is 2. The van der Waals surface area contributed by atoms with Crippen molar-refractivity contribution in [2.24, 2.45) is 0 Å². The van der Waals surface area contributed by atoms with E-state index in [4.69, 9.17) is 4.74 Å². The van der Waals surface area contributed by atoms with Crippen molar-refractivity contribution in [3.8, 4) is 5.75 Å². The van der Waals surface area contributed by atoms with Crippen LogP contribution in [0.1, 0.15) is 10.4 Å². The number of halogens is 1. The van der Waals surface area contributed by atoms with Crippen LogP contribution < -0.4 is 15.0 Å². The molecular weight excluding hydrogens is 357 g/mol. The summed E-state index contributed by atoms with van der Waals surface area (Å²) in [7, 11) is -3.16. The van der Waals surface area contributed by atoms with Crippen molar-refractivity contribution in [3.63, 3.8) is 0 Å². The fourth-order valence-corrected chi connectivity index (χ4v) is 2.86. The minimum absolute atomic E-state index is 0.00936. The number of ether oxygens (including phenoxy) is 1. The van der Waals surface area contributed by atoms with Crippen molar-refractivity contribution in [2.75, 3.05) is 7.11 Å². The molecule has 0 spiro atoms. The number of nitro groups is 1. The van der Waals surface area contributed by atoms with Gasteiger partial charge in [-0.1, -0.05) is 0 Å². The summed E-state index contributed by atoms with van der Waals surface area (Å²) in [6, 6.07) is 7.38. The quantitative estimate of drug-likeness (QED) is 0.585. The van der Waals surface area contributed by atoms with Gasteiger partial charge in [-0.15, -0.1) is 4.83 Å². The molecule has 0 aliphatic carbocycles. The predicted octanol–water partition coefficient (Wildman–Crippen LogP) is 1.37. The van der Waals surface area contributed by atoms with E-state index in [1.165, 1.54) is 7.11 Å². The number of carbonyl (C=O) groups excluding carboxylic acids is 1. The Balaban J connectivity index is 2.24. The molecule has 0 heterocycles. The van der Waals surface area contributed by atoms with Gasteiger partial charge in [-0.05, 0) is 30.3 Å². The maximum atomic E-state index is 12.8. The number of nitrogens with zero attached hydrogens (tertiary/aromatic N) is 1. The van der Waals surface area contributed by atoms with Crippen LogP contribution in [-0.2, 0) is 10.0 Å². The van der Waals surface area contributed by atoms with E-state index in [1.54, 1.807) is 4.83 Å². The highest BCUT2D eigenvalue weighted by molar-refractivity contribution is 7.89. The summed E-state index contributed by atoms with van der Waals surface area (Å²) >= 11 is 0. The zero-order chi connectivity index (χ0) is 18.6. The van der Waals surface area contributed by atoms with Gasteiger partial charge in [0.1, 0.15) is 16.5 Å². The normalized spacial score (nSPS) is 11.0. The average Bonchev–Trinajstić information content (AvgIpc) is 2.59. The molecule has 9 nitrogen and oxygen atoms in total. The van der Waals surface area contributed by atoms with Gasteiger partial charge in [-0.2, -0.15) is 0 Å². The molecule has 0 saturated carbocycles. The smallest absolute Gasteiger partial charge is 0.271 e. The van der Waals surface area contributed by atoms with Crippen molar-refractivity contribution in [1.82, 2.24) is 10.3 Å². The van der Waals surface area contributed by atoms with Gasteiger partial charge < -0.3 is 4.74 Å². The minimum Gasteiger partial charge on any atom is -0.495 e. The van der Waals surface area contributed by atoms with Crippen LogP contribution in [0, 0.1) is 15.9 Å². The molecule has 0 bridgehead atoms. The molecule has 0 aliphatic rings. The third-order valence-corrected chi connectivity index (χ3v) is 4.32. The van der Waals surface area contributed by atoms with E-state index >= 15 is 0 Å². The number of nitrogens with one attached hydrogen (secondary N) is 2. The lowest BCUT2D eigenvalue weighted by Gasteiger charge is -2.11. The van der Waals surface area contributed by atoms with Crippen LogP contribution in [0.2, 0.25) is 0 Å². The summed E-state index contributed by atoms with van der Waals surface area (Å²) in [5.74, 6) is -1.54. The zero-order valence-corrected chi connectivity index (χ0v) is 13.5. The molecule has 2 aromatic rings. The van der Waals surface area contributed by atoms with Gasteiger partial charge in [0.15, 0.2) is 0 Å². The number of methoxy groups -OCH3 is 1. The van der Waals surface area contributed by atoms with Gasteiger partial charge in [0.25, 0.3) is 21.6 Å². The second kappa shape index (κ2) is 7.23. The first-order valence-corrected chi connectivity index (χ1v) is 8.13. The van der Waals surface area contributed by atoms with Crippen molar-refractivity contribution in [2.45, 2.75) is 4.90 Å².